The van der Waals surface area contributed by atoms with Crippen LogP contribution in [0.15, 0.2) is 48.5 Å². The van der Waals surface area contributed by atoms with Crippen molar-refractivity contribution in [1.29, 1.82) is 0 Å². The van der Waals surface area contributed by atoms with E-state index in [9.17, 15) is 4.79 Å². The fraction of sp³-hybridized carbons (Fsp3) is 0.350. The lowest BCUT2D eigenvalue weighted by atomic mass is 10.0. The first kappa shape index (κ1) is 18.0. The molecule has 2 rings (SSSR count). The number of likely N-dealkylation sites (N-methyl/N-ethyl adjacent to an activating group) is 1. The van der Waals surface area contributed by atoms with E-state index < -0.39 is 0 Å². The molecule has 0 radical (unpaired) electrons. The second-order valence-corrected chi connectivity index (χ2v) is 5.77. The molecule has 0 aliphatic heterocycles. The van der Waals surface area contributed by atoms with Gasteiger partial charge in [0.05, 0.1) is 0 Å². The van der Waals surface area contributed by atoms with Crippen LogP contribution in [-0.2, 0) is 11.3 Å². The number of aryl methyl sites for hydroxylation is 1. The van der Waals surface area contributed by atoms with Gasteiger partial charge in [0.25, 0.3) is 5.91 Å². The van der Waals surface area contributed by atoms with Gasteiger partial charge in [-0.05, 0) is 30.5 Å². The van der Waals surface area contributed by atoms with Crippen LogP contribution in [0.25, 0.3) is 0 Å². The molecule has 128 valence electrons. The number of hydrogen-bond acceptors (Lipinski definition) is 3. The Hall–Kier alpha value is -2.33. The molecule has 4 heteroatoms. The molecule has 1 amide bonds. The maximum absolute atomic E-state index is 11.4. The van der Waals surface area contributed by atoms with Crippen LogP contribution >= 0.6 is 0 Å². The van der Waals surface area contributed by atoms with Gasteiger partial charge in [-0.2, -0.15) is 0 Å². The summed E-state index contributed by atoms with van der Waals surface area (Å²) >= 11 is 0. The van der Waals surface area contributed by atoms with Crippen LogP contribution in [0.3, 0.4) is 0 Å². The molecule has 1 atom stereocenters. The minimum Gasteiger partial charge on any atom is -0.483 e. The molecule has 0 aromatic heterocycles. The van der Waals surface area contributed by atoms with Gasteiger partial charge < -0.3 is 15.4 Å². The zero-order chi connectivity index (χ0) is 17.4. The Morgan fingerprint density at radius 2 is 1.83 bits per heavy atom. The fourth-order valence-electron chi connectivity index (χ4n) is 2.63. The first-order valence-corrected chi connectivity index (χ1v) is 8.35. The molecule has 0 unspecified atom stereocenters. The highest BCUT2D eigenvalue weighted by Gasteiger charge is 2.15. The van der Waals surface area contributed by atoms with Crippen molar-refractivity contribution in [2.24, 2.45) is 0 Å². The Bertz CT molecular complexity index is 670. The Kier molecular flexibility index (Phi) is 6.82. The van der Waals surface area contributed by atoms with E-state index in [1.807, 2.05) is 18.2 Å². The highest BCUT2D eigenvalue weighted by molar-refractivity contribution is 5.77. The van der Waals surface area contributed by atoms with E-state index >= 15 is 0 Å². The summed E-state index contributed by atoms with van der Waals surface area (Å²) in [4.78, 5) is 11.4. The third-order valence-corrected chi connectivity index (χ3v) is 4.14. The fourth-order valence-corrected chi connectivity index (χ4v) is 2.63. The summed E-state index contributed by atoms with van der Waals surface area (Å²) in [6.07, 6.45) is 0.937. The van der Waals surface area contributed by atoms with Gasteiger partial charge in [0, 0.05) is 25.2 Å². The predicted molar refractivity (Wildman–Crippen MR) is 97.1 cm³/mol. The van der Waals surface area contributed by atoms with E-state index in [4.69, 9.17) is 4.74 Å². The van der Waals surface area contributed by atoms with Crippen LogP contribution in [0.2, 0.25) is 0 Å². The van der Waals surface area contributed by atoms with Gasteiger partial charge in [0.1, 0.15) is 5.75 Å². The van der Waals surface area contributed by atoms with Crippen molar-refractivity contribution in [3.8, 4) is 5.75 Å². The Morgan fingerprint density at radius 3 is 2.54 bits per heavy atom. The normalized spacial score (nSPS) is 11.8. The van der Waals surface area contributed by atoms with Crippen molar-refractivity contribution in [3.63, 3.8) is 0 Å². The summed E-state index contributed by atoms with van der Waals surface area (Å²) < 4.78 is 5.70. The number of nitrogens with one attached hydrogen (secondary N) is 2. The lowest BCUT2D eigenvalue weighted by Gasteiger charge is -2.21. The van der Waals surface area contributed by atoms with Crippen molar-refractivity contribution in [2.45, 2.75) is 32.9 Å². The molecule has 0 spiro atoms. The van der Waals surface area contributed by atoms with Crippen molar-refractivity contribution < 1.29 is 9.53 Å². The lowest BCUT2D eigenvalue weighted by Crippen LogP contribution is -2.26. The molecule has 0 heterocycles. The first-order valence-electron chi connectivity index (χ1n) is 8.35. The number of carbonyl (C=O) groups is 1. The maximum Gasteiger partial charge on any atom is 0.257 e. The quantitative estimate of drug-likeness (QED) is 0.782. The SMILES string of the molecule is CC[C@H](NCc1ccccc1C)c1ccccc1OCC(=O)NC. The van der Waals surface area contributed by atoms with E-state index in [2.05, 4.69) is 54.8 Å². The number of rotatable bonds is 8. The van der Waals surface area contributed by atoms with Crippen LogP contribution in [0.4, 0.5) is 0 Å². The van der Waals surface area contributed by atoms with Gasteiger partial charge in [0.15, 0.2) is 6.61 Å². The summed E-state index contributed by atoms with van der Waals surface area (Å²) in [5.41, 5.74) is 3.65. The highest BCUT2D eigenvalue weighted by atomic mass is 16.5. The molecule has 0 aliphatic carbocycles. The molecule has 24 heavy (non-hydrogen) atoms. The molecule has 2 aromatic rings. The summed E-state index contributed by atoms with van der Waals surface area (Å²) in [6, 6.07) is 16.4. The first-order chi connectivity index (χ1) is 11.7. The standard InChI is InChI=1S/C20H26N2O2/c1-4-18(22-13-16-10-6-5-9-15(16)2)17-11-7-8-12-19(17)24-14-20(23)21-3/h5-12,18,22H,4,13-14H2,1-3H3,(H,21,23)/t18-/m0/s1. The maximum atomic E-state index is 11.4. The van der Waals surface area contributed by atoms with Crippen LogP contribution < -0.4 is 15.4 Å². The zero-order valence-corrected chi connectivity index (χ0v) is 14.6. The second kappa shape index (κ2) is 9.08. The molecule has 2 N–H and O–H groups in total. The lowest BCUT2D eigenvalue weighted by molar-refractivity contribution is -0.122. The van der Waals surface area contributed by atoms with Crippen LogP contribution in [-0.4, -0.2) is 19.6 Å². The summed E-state index contributed by atoms with van der Waals surface area (Å²) in [7, 11) is 1.61. The number of ether oxygens (including phenoxy) is 1. The molecule has 0 saturated carbocycles. The average Bonchev–Trinajstić information content (AvgIpc) is 2.62. The number of benzene rings is 2. The Labute approximate surface area is 144 Å². The van der Waals surface area contributed by atoms with Crippen molar-refractivity contribution in [3.05, 3.63) is 65.2 Å². The van der Waals surface area contributed by atoms with Crippen LogP contribution in [0.5, 0.6) is 5.75 Å². The number of para-hydroxylation sites is 1. The van der Waals surface area contributed by atoms with Gasteiger partial charge in [-0.25, -0.2) is 0 Å². The molecular weight excluding hydrogens is 300 g/mol. The van der Waals surface area contributed by atoms with Crippen molar-refractivity contribution >= 4 is 5.91 Å². The van der Waals surface area contributed by atoms with Crippen molar-refractivity contribution in [2.75, 3.05) is 13.7 Å². The topological polar surface area (TPSA) is 50.4 Å². The summed E-state index contributed by atoms with van der Waals surface area (Å²) in [5.74, 6) is 0.621. The van der Waals surface area contributed by atoms with E-state index in [1.54, 1.807) is 7.05 Å². The summed E-state index contributed by atoms with van der Waals surface area (Å²) in [6.45, 7) is 5.10. The smallest absolute Gasteiger partial charge is 0.257 e. The van der Waals surface area contributed by atoms with Crippen LogP contribution in [0, 0.1) is 6.92 Å². The van der Waals surface area contributed by atoms with E-state index in [1.165, 1.54) is 11.1 Å². The number of hydrogen-bond donors (Lipinski definition) is 2. The molecule has 0 aliphatic rings. The number of carbonyl (C=O) groups excluding carboxylic acids is 1. The highest BCUT2D eigenvalue weighted by Crippen LogP contribution is 2.27. The van der Waals surface area contributed by atoms with Gasteiger partial charge >= 0.3 is 0 Å². The molecule has 0 bridgehead atoms. The van der Waals surface area contributed by atoms with Crippen LogP contribution in [0.1, 0.15) is 36.1 Å². The van der Waals surface area contributed by atoms with Gasteiger partial charge in [-0.3, -0.25) is 4.79 Å². The average molecular weight is 326 g/mol. The van der Waals surface area contributed by atoms with Gasteiger partial charge in [-0.15, -0.1) is 0 Å². The largest absolute Gasteiger partial charge is 0.483 e. The van der Waals surface area contributed by atoms with E-state index in [0.717, 1.165) is 24.3 Å². The third kappa shape index (κ3) is 4.83. The molecule has 2 aromatic carbocycles. The predicted octanol–water partition coefficient (Wildman–Crippen LogP) is 3.36. The zero-order valence-electron chi connectivity index (χ0n) is 14.6. The second-order valence-electron chi connectivity index (χ2n) is 5.77. The van der Waals surface area contributed by atoms with E-state index in [0.29, 0.717) is 0 Å². The van der Waals surface area contributed by atoms with E-state index in [-0.39, 0.29) is 18.6 Å². The summed E-state index contributed by atoms with van der Waals surface area (Å²) in [5, 5.41) is 6.18. The van der Waals surface area contributed by atoms with Gasteiger partial charge in [0.2, 0.25) is 0 Å². The Balaban J connectivity index is 2.09. The third-order valence-electron chi connectivity index (χ3n) is 4.14. The molecule has 4 nitrogen and oxygen atoms in total. The molecule has 0 fully saturated rings. The monoisotopic (exact) mass is 326 g/mol. The minimum absolute atomic E-state index is 0.0295. The van der Waals surface area contributed by atoms with Crippen molar-refractivity contribution in [1.82, 2.24) is 10.6 Å². The Morgan fingerprint density at radius 1 is 1.12 bits per heavy atom. The number of amides is 1. The molecular formula is C20H26N2O2. The molecule has 0 saturated heterocycles. The van der Waals surface area contributed by atoms with Gasteiger partial charge in [-0.1, -0.05) is 49.4 Å². The minimum atomic E-state index is -0.134.